The van der Waals surface area contributed by atoms with Crippen molar-refractivity contribution in [3.05, 3.63) is 33.0 Å². The molecule has 1 aromatic heterocycles. The summed E-state index contributed by atoms with van der Waals surface area (Å²) in [4.78, 5) is 0. The molecule has 0 spiro atoms. The lowest BCUT2D eigenvalue weighted by molar-refractivity contribution is -0.137. The standard InChI is InChI=1S/C11H9BrF3N3S/c1-2-18-9(16-17-10(18)19)7-5-6(11(13,14)15)3-4-8(7)12/h3-5H,2H2,1H3,(H,17,19). The van der Waals surface area contributed by atoms with Gasteiger partial charge in [-0.25, -0.2) is 0 Å². The maximum Gasteiger partial charge on any atom is 0.416 e. The number of rotatable bonds is 2. The number of aromatic amines is 1. The second-order valence-corrected chi connectivity index (χ2v) is 5.03. The van der Waals surface area contributed by atoms with Crippen LogP contribution in [0.25, 0.3) is 11.4 Å². The van der Waals surface area contributed by atoms with Crippen LogP contribution in [0, 0.1) is 4.77 Å². The number of aromatic nitrogens is 3. The van der Waals surface area contributed by atoms with Crippen LogP contribution in [0.2, 0.25) is 0 Å². The van der Waals surface area contributed by atoms with Gasteiger partial charge in [0.05, 0.1) is 5.56 Å². The fraction of sp³-hybridized carbons (Fsp3) is 0.273. The second-order valence-electron chi connectivity index (χ2n) is 3.79. The molecule has 3 nitrogen and oxygen atoms in total. The molecule has 8 heteroatoms. The molecule has 0 atom stereocenters. The van der Waals surface area contributed by atoms with Gasteiger partial charge in [0.2, 0.25) is 0 Å². The Bertz CT molecular complexity index is 660. The third-order valence-electron chi connectivity index (χ3n) is 2.61. The Morgan fingerprint density at radius 2 is 2.11 bits per heavy atom. The summed E-state index contributed by atoms with van der Waals surface area (Å²) in [6.07, 6.45) is -4.39. The molecule has 2 rings (SSSR count). The molecular weight excluding hydrogens is 343 g/mol. The molecule has 0 bridgehead atoms. The molecule has 0 unspecified atom stereocenters. The van der Waals surface area contributed by atoms with Gasteiger partial charge in [0, 0.05) is 16.6 Å². The highest BCUT2D eigenvalue weighted by molar-refractivity contribution is 9.10. The minimum absolute atomic E-state index is 0.351. The van der Waals surface area contributed by atoms with E-state index in [9.17, 15) is 13.2 Å². The van der Waals surface area contributed by atoms with Crippen molar-refractivity contribution in [2.75, 3.05) is 0 Å². The van der Waals surface area contributed by atoms with Gasteiger partial charge in [-0.3, -0.25) is 5.10 Å². The lowest BCUT2D eigenvalue weighted by atomic mass is 10.1. The molecule has 0 aliphatic carbocycles. The van der Waals surface area contributed by atoms with Crippen molar-refractivity contribution in [3.8, 4) is 11.4 Å². The average molecular weight is 352 g/mol. The zero-order valence-corrected chi connectivity index (χ0v) is 12.2. The van der Waals surface area contributed by atoms with Crippen molar-refractivity contribution in [3.63, 3.8) is 0 Å². The summed E-state index contributed by atoms with van der Waals surface area (Å²) in [5.41, 5.74) is -0.369. The van der Waals surface area contributed by atoms with E-state index in [-0.39, 0.29) is 0 Å². The zero-order chi connectivity index (χ0) is 14.2. The van der Waals surface area contributed by atoms with Crippen molar-refractivity contribution in [2.45, 2.75) is 19.6 Å². The molecule has 0 fully saturated rings. The van der Waals surface area contributed by atoms with Gasteiger partial charge in [0.25, 0.3) is 0 Å². The van der Waals surface area contributed by atoms with E-state index in [1.165, 1.54) is 6.07 Å². The summed E-state index contributed by atoms with van der Waals surface area (Å²) in [5.74, 6) is 0.380. The Morgan fingerprint density at radius 3 is 2.68 bits per heavy atom. The first kappa shape index (κ1) is 14.3. The Hall–Kier alpha value is -1.15. The van der Waals surface area contributed by atoms with Crippen molar-refractivity contribution in [1.29, 1.82) is 0 Å². The smallest absolute Gasteiger partial charge is 0.300 e. The quantitative estimate of drug-likeness (QED) is 0.813. The molecule has 19 heavy (non-hydrogen) atoms. The van der Waals surface area contributed by atoms with Gasteiger partial charge in [0.15, 0.2) is 10.6 Å². The Balaban J connectivity index is 2.65. The first-order valence-electron chi connectivity index (χ1n) is 5.37. The van der Waals surface area contributed by atoms with Crippen LogP contribution in [0.1, 0.15) is 12.5 Å². The summed E-state index contributed by atoms with van der Waals surface area (Å²) in [5, 5.41) is 6.58. The summed E-state index contributed by atoms with van der Waals surface area (Å²) < 4.78 is 40.7. The van der Waals surface area contributed by atoms with Crippen LogP contribution in [-0.4, -0.2) is 14.8 Å². The summed E-state index contributed by atoms with van der Waals surface area (Å²) in [7, 11) is 0. The fourth-order valence-electron chi connectivity index (χ4n) is 1.69. The van der Waals surface area contributed by atoms with E-state index in [0.29, 0.717) is 27.2 Å². The molecule has 0 aliphatic heterocycles. The summed E-state index contributed by atoms with van der Waals surface area (Å²) in [6.45, 7) is 2.36. The summed E-state index contributed by atoms with van der Waals surface area (Å²) >= 11 is 8.27. The van der Waals surface area contributed by atoms with Crippen molar-refractivity contribution >= 4 is 28.1 Å². The number of alkyl halides is 3. The number of benzene rings is 1. The maximum atomic E-state index is 12.7. The monoisotopic (exact) mass is 351 g/mol. The lowest BCUT2D eigenvalue weighted by Gasteiger charge is -2.10. The van der Waals surface area contributed by atoms with E-state index < -0.39 is 11.7 Å². The van der Waals surface area contributed by atoms with Gasteiger partial charge in [-0.05, 0) is 37.3 Å². The van der Waals surface area contributed by atoms with Crippen LogP contribution in [0.5, 0.6) is 0 Å². The normalized spacial score (nSPS) is 11.8. The number of nitrogens with one attached hydrogen (secondary N) is 1. The number of nitrogens with zero attached hydrogens (tertiary/aromatic N) is 2. The topological polar surface area (TPSA) is 33.6 Å². The molecule has 2 aromatic rings. The number of hydrogen-bond acceptors (Lipinski definition) is 2. The van der Waals surface area contributed by atoms with Gasteiger partial charge in [-0.1, -0.05) is 15.9 Å². The number of H-pyrrole nitrogens is 1. The van der Waals surface area contributed by atoms with Crippen molar-refractivity contribution in [1.82, 2.24) is 14.8 Å². The van der Waals surface area contributed by atoms with Crippen LogP contribution in [-0.2, 0) is 12.7 Å². The van der Waals surface area contributed by atoms with E-state index in [1.807, 2.05) is 6.92 Å². The van der Waals surface area contributed by atoms with E-state index in [4.69, 9.17) is 12.2 Å². The van der Waals surface area contributed by atoms with E-state index in [2.05, 4.69) is 26.1 Å². The third kappa shape index (κ3) is 2.74. The van der Waals surface area contributed by atoms with Crippen LogP contribution < -0.4 is 0 Å². The first-order chi connectivity index (χ1) is 8.84. The predicted molar refractivity (Wildman–Crippen MR) is 71.2 cm³/mol. The highest BCUT2D eigenvalue weighted by atomic mass is 79.9. The number of halogens is 4. The Morgan fingerprint density at radius 1 is 1.42 bits per heavy atom. The van der Waals surface area contributed by atoms with Crippen LogP contribution in [0.3, 0.4) is 0 Å². The predicted octanol–water partition coefficient (Wildman–Crippen LogP) is 4.41. The summed E-state index contributed by atoms with van der Waals surface area (Å²) in [6, 6.07) is 3.43. The highest BCUT2D eigenvalue weighted by Gasteiger charge is 2.31. The molecule has 0 radical (unpaired) electrons. The fourth-order valence-corrected chi connectivity index (χ4v) is 2.37. The third-order valence-corrected chi connectivity index (χ3v) is 3.61. The molecule has 0 aliphatic rings. The van der Waals surface area contributed by atoms with Gasteiger partial charge < -0.3 is 4.57 Å². The minimum atomic E-state index is -4.39. The van der Waals surface area contributed by atoms with Crippen LogP contribution in [0.15, 0.2) is 22.7 Å². The van der Waals surface area contributed by atoms with Crippen LogP contribution >= 0.6 is 28.1 Å². The minimum Gasteiger partial charge on any atom is -0.300 e. The average Bonchev–Trinajstić information content (AvgIpc) is 2.69. The van der Waals surface area contributed by atoms with Crippen molar-refractivity contribution < 1.29 is 13.2 Å². The lowest BCUT2D eigenvalue weighted by Crippen LogP contribution is -2.06. The van der Waals surface area contributed by atoms with Gasteiger partial charge >= 0.3 is 6.18 Å². The molecule has 0 amide bonds. The van der Waals surface area contributed by atoms with Crippen LogP contribution in [0.4, 0.5) is 13.2 Å². The zero-order valence-electron chi connectivity index (χ0n) is 9.75. The largest absolute Gasteiger partial charge is 0.416 e. The molecule has 1 aromatic carbocycles. The van der Waals surface area contributed by atoms with Gasteiger partial charge in [-0.2, -0.15) is 18.3 Å². The van der Waals surface area contributed by atoms with Gasteiger partial charge in [-0.15, -0.1) is 0 Å². The Labute approximate surface area is 120 Å². The van der Waals surface area contributed by atoms with Gasteiger partial charge in [0.1, 0.15) is 0 Å². The SMILES string of the molecule is CCn1c(-c2cc(C(F)(F)F)ccc2Br)n[nH]c1=S. The van der Waals surface area contributed by atoms with E-state index in [0.717, 1.165) is 12.1 Å². The Kier molecular flexibility index (Phi) is 3.82. The second kappa shape index (κ2) is 5.09. The molecule has 0 saturated heterocycles. The van der Waals surface area contributed by atoms with E-state index in [1.54, 1.807) is 4.57 Å². The van der Waals surface area contributed by atoms with Crippen molar-refractivity contribution in [2.24, 2.45) is 0 Å². The number of hydrogen-bond donors (Lipinski definition) is 1. The molecule has 102 valence electrons. The molecule has 0 saturated carbocycles. The molecule has 1 heterocycles. The maximum absolute atomic E-state index is 12.7. The van der Waals surface area contributed by atoms with E-state index >= 15 is 0 Å². The molecular formula is C11H9BrF3N3S. The molecule has 1 N–H and O–H groups in total. The first-order valence-corrected chi connectivity index (χ1v) is 6.57. The highest BCUT2D eigenvalue weighted by Crippen LogP contribution is 2.35.